The number of imide groups is 2. The van der Waals surface area contributed by atoms with Gasteiger partial charge in [0.1, 0.15) is 18.0 Å². The molecule has 0 aromatic heterocycles. The number of hydrogen-bond donors (Lipinski definition) is 1. The highest BCUT2D eigenvalue weighted by molar-refractivity contribution is 9.10. The van der Waals surface area contributed by atoms with E-state index < -0.39 is 23.8 Å². The second-order valence-electron chi connectivity index (χ2n) is 8.17. The van der Waals surface area contributed by atoms with Gasteiger partial charge in [0.25, 0.3) is 11.8 Å². The van der Waals surface area contributed by atoms with E-state index in [1.807, 2.05) is 0 Å². The summed E-state index contributed by atoms with van der Waals surface area (Å²) in [5.41, 5.74) is 1.26. The number of benzene rings is 3. The van der Waals surface area contributed by atoms with Gasteiger partial charge in [-0.05, 0) is 88.6 Å². The van der Waals surface area contributed by atoms with E-state index in [0.717, 1.165) is 10.5 Å². The van der Waals surface area contributed by atoms with E-state index in [9.17, 15) is 23.6 Å². The number of nitrogens with zero attached hydrogens (tertiary/aromatic N) is 1. The third-order valence-corrected chi connectivity index (χ3v) is 6.19. The van der Waals surface area contributed by atoms with Crippen LogP contribution in [0.15, 0.2) is 70.7 Å². The van der Waals surface area contributed by atoms with Crippen LogP contribution in [0.2, 0.25) is 0 Å². The number of ether oxygens (including phenoxy) is 3. The minimum atomic E-state index is -0.922. The molecule has 1 fully saturated rings. The Hall–Kier alpha value is -4.51. The molecule has 1 aliphatic rings. The first-order valence-electron chi connectivity index (χ1n) is 11.6. The van der Waals surface area contributed by atoms with Crippen molar-refractivity contribution in [3.63, 3.8) is 0 Å². The molecule has 4 rings (SSSR count). The molecule has 39 heavy (non-hydrogen) atoms. The first kappa shape index (κ1) is 27.5. The van der Waals surface area contributed by atoms with Crippen LogP contribution in [0.5, 0.6) is 11.5 Å². The maximum absolute atomic E-state index is 13.3. The summed E-state index contributed by atoms with van der Waals surface area (Å²) in [5, 5.41) is 2.16. The van der Waals surface area contributed by atoms with Gasteiger partial charge in [0, 0.05) is 0 Å². The largest absolute Gasteiger partial charge is 0.493 e. The van der Waals surface area contributed by atoms with E-state index in [1.165, 1.54) is 49.6 Å². The molecular weight excluding hydrogens is 575 g/mol. The van der Waals surface area contributed by atoms with Gasteiger partial charge in [-0.1, -0.05) is 12.1 Å². The number of esters is 1. The lowest BCUT2D eigenvalue weighted by Gasteiger charge is -2.26. The maximum Gasteiger partial charge on any atom is 0.338 e. The lowest BCUT2D eigenvalue weighted by molar-refractivity contribution is -0.122. The Bertz CT molecular complexity index is 1470. The summed E-state index contributed by atoms with van der Waals surface area (Å²) in [4.78, 5) is 51.1. The van der Waals surface area contributed by atoms with Crippen LogP contribution in [0.4, 0.5) is 14.9 Å². The zero-order chi connectivity index (χ0) is 28.1. The third-order valence-electron chi connectivity index (χ3n) is 5.60. The lowest BCUT2D eigenvalue weighted by Crippen LogP contribution is -2.54. The molecule has 1 heterocycles. The molecular formula is C28H22BrFN2O7. The number of barbiturate groups is 1. The Morgan fingerprint density at radius 2 is 1.74 bits per heavy atom. The van der Waals surface area contributed by atoms with Gasteiger partial charge in [-0.2, -0.15) is 0 Å². The highest BCUT2D eigenvalue weighted by Crippen LogP contribution is 2.38. The van der Waals surface area contributed by atoms with Gasteiger partial charge in [0.2, 0.25) is 0 Å². The smallest absolute Gasteiger partial charge is 0.338 e. The Balaban J connectivity index is 1.60. The van der Waals surface area contributed by atoms with Crippen molar-refractivity contribution in [2.75, 3.05) is 18.6 Å². The second kappa shape index (κ2) is 11.9. The third kappa shape index (κ3) is 6.15. The van der Waals surface area contributed by atoms with Crippen molar-refractivity contribution in [1.29, 1.82) is 0 Å². The van der Waals surface area contributed by atoms with E-state index >= 15 is 0 Å². The minimum absolute atomic E-state index is 0.141. The number of anilines is 1. The second-order valence-corrected chi connectivity index (χ2v) is 9.03. The molecule has 0 unspecified atom stereocenters. The molecule has 9 nitrogen and oxygen atoms in total. The summed E-state index contributed by atoms with van der Waals surface area (Å²) in [5.74, 6) is -1.94. The lowest BCUT2D eigenvalue weighted by atomic mass is 10.1. The summed E-state index contributed by atoms with van der Waals surface area (Å²) in [6.07, 6.45) is 1.32. The van der Waals surface area contributed by atoms with Crippen LogP contribution in [0, 0.1) is 5.82 Å². The van der Waals surface area contributed by atoms with Crippen LogP contribution in [0.1, 0.15) is 28.4 Å². The van der Waals surface area contributed by atoms with Gasteiger partial charge in [0.15, 0.2) is 11.5 Å². The molecule has 0 aliphatic carbocycles. The van der Waals surface area contributed by atoms with Crippen molar-refractivity contribution in [3.8, 4) is 11.5 Å². The molecule has 1 aliphatic heterocycles. The number of rotatable bonds is 8. The van der Waals surface area contributed by atoms with Crippen molar-refractivity contribution in [2.45, 2.75) is 13.5 Å². The highest BCUT2D eigenvalue weighted by Gasteiger charge is 2.37. The van der Waals surface area contributed by atoms with Crippen LogP contribution < -0.4 is 19.7 Å². The highest BCUT2D eigenvalue weighted by atomic mass is 79.9. The van der Waals surface area contributed by atoms with Crippen molar-refractivity contribution >= 4 is 51.5 Å². The van der Waals surface area contributed by atoms with Crippen LogP contribution in [0.3, 0.4) is 0 Å². The number of nitrogens with one attached hydrogen (secondary N) is 1. The van der Waals surface area contributed by atoms with Gasteiger partial charge in [-0.3, -0.25) is 14.9 Å². The zero-order valence-corrected chi connectivity index (χ0v) is 22.4. The molecule has 0 saturated carbocycles. The van der Waals surface area contributed by atoms with E-state index in [0.29, 0.717) is 21.5 Å². The van der Waals surface area contributed by atoms with Gasteiger partial charge < -0.3 is 14.2 Å². The summed E-state index contributed by atoms with van der Waals surface area (Å²) in [7, 11) is 1.43. The number of carbonyl (C=O) groups is 4. The van der Waals surface area contributed by atoms with Gasteiger partial charge in [-0.25, -0.2) is 18.9 Å². The average molecular weight is 597 g/mol. The number of urea groups is 1. The SMILES string of the molecule is CCOC(=O)c1ccc(N2C(=O)NC(=O)/C(=C\c3cc(Br)c(OCc4ccc(F)cc4)c(OC)c3)C2=O)cc1. The predicted molar refractivity (Wildman–Crippen MR) is 143 cm³/mol. The summed E-state index contributed by atoms with van der Waals surface area (Å²) >= 11 is 3.42. The summed E-state index contributed by atoms with van der Waals surface area (Å²) in [6.45, 7) is 2.02. The number of carbonyl (C=O) groups excluding carboxylic acids is 4. The Labute approximate surface area is 231 Å². The molecule has 200 valence electrons. The van der Waals surface area contributed by atoms with Crippen molar-refractivity contribution in [3.05, 3.63) is 93.2 Å². The molecule has 0 radical (unpaired) electrons. The van der Waals surface area contributed by atoms with Crippen LogP contribution in [-0.2, 0) is 20.9 Å². The van der Waals surface area contributed by atoms with Gasteiger partial charge in [0.05, 0.1) is 29.4 Å². The normalized spacial score (nSPS) is 14.3. The molecule has 0 spiro atoms. The fourth-order valence-electron chi connectivity index (χ4n) is 3.72. The number of halogens is 2. The number of hydrogen-bond acceptors (Lipinski definition) is 7. The number of amides is 4. The molecule has 3 aromatic carbocycles. The van der Waals surface area contributed by atoms with E-state index in [4.69, 9.17) is 14.2 Å². The standard InChI is InChI=1S/C28H22BrFN2O7/c1-3-38-27(35)18-6-10-20(11-7-18)32-26(34)21(25(33)31-28(32)36)12-17-13-22(29)24(23(14-17)37-2)39-15-16-4-8-19(30)9-5-16/h4-14H,3,15H2,1-2H3,(H,31,33,36)/b21-12+. The molecule has 3 aromatic rings. The van der Waals surface area contributed by atoms with Crippen LogP contribution in [-0.4, -0.2) is 37.5 Å². The predicted octanol–water partition coefficient (Wildman–Crippen LogP) is 5.02. The first-order valence-corrected chi connectivity index (χ1v) is 12.4. The fraction of sp³-hybridized carbons (Fsp3) is 0.143. The fourth-order valence-corrected chi connectivity index (χ4v) is 4.29. The monoisotopic (exact) mass is 596 g/mol. The average Bonchev–Trinajstić information content (AvgIpc) is 2.91. The quantitative estimate of drug-likeness (QED) is 0.221. The van der Waals surface area contributed by atoms with Gasteiger partial charge >= 0.3 is 12.0 Å². The zero-order valence-electron chi connectivity index (χ0n) is 20.8. The Morgan fingerprint density at radius 1 is 1.05 bits per heavy atom. The van der Waals surface area contributed by atoms with Gasteiger partial charge in [-0.15, -0.1) is 0 Å². The van der Waals surface area contributed by atoms with E-state index in [2.05, 4.69) is 21.2 Å². The van der Waals surface area contributed by atoms with Crippen molar-refractivity contribution < 1.29 is 37.8 Å². The molecule has 4 amide bonds. The molecule has 1 N–H and O–H groups in total. The van der Waals surface area contributed by atoms with E-state index in [-0.39, 0.29) is 35.9 Å². The minimum Gasteiger partial charge on any atom is -0.493 e. The molecule has 0 atom stereocenters. The Kier molecular flexibility index (Phi) is 8.40. The first-order chi connectivity index (χ1) is 18.7. The maximum atomic E-state index is 13.3. The van der Waals surface area contributed by atoms with Crippen LogP contribution in [0.25, 0.3) is 6.08 Å². The topological polar surface area (TPSA) is 111 Å². The molecule has 0 bridgehead atoms. The van der Waals surface area contributed by atoms with Crippen molar-refractivity contribution in [2.24, 2.45) is 0 Å². The summed E-state index contributed by atoms with van der Waals surface area (Å²) < 4.78 is 29.9. The molecule has 1 saturated heterocycles. The number of methoxy groups -OCH3 is 1. The van der Waals surface area contributed by atoms with Crippen molar-refractivity contribution in [1.82, 2.24) is 5.32 Å². The molecule has 11 heteroatoms. The van der Waals surface area contributed by atoms with Crippen LogP contribution >= 0.6 is 15.9 Å². The Morgan fingerprint density at radius 3 is 2.38 bits per heavy atom. The van der Waals surface area contributed by atoms with E-state index in [1.54, 1.807) is 31.2 Å². The summed E-state index contributed by atoms with van der Waals surface area (Å²) in [6, 6.07) is 13.8.